The van der Waals surface area contributed by atoms with Crippen LogP contribution in [0.5, 0.6) is 11.5 Å². The van der Waals surface area contributed by atoms with Crippen molar-refractivity contribution >= 4 is 27.5 Å². The maximum atomic E-state index is 13.1. The molecule has 2 nitrogen and oxygen atoms in total. The largest absolute Gasteiger partial charge is 0.455 e. The summed E-state index contributed by atoms with van der Waals surface area (Å²) in [7, 11) is 0. The topological polar surface area (TPSA) is 21.3 Å². The molecule has 1 N–H and O–H groups in total. The third-order valence-corrected chi connectivity index (χ3v) is 4.09. The molecule has 1 fully saturated rings. The van der Waals surface area contributed by atoms with Crippen LogP contribution in [0.1, 0.15) is 18.4 Å². The van der Waals surface area contributed by atoms with E-state index in [1.165, 1.54) is 31.0 Å². The summed E-state index contributed by atoms with van der Waals surface area (Å²) in [6.45, 7) is 0.742. The van der Waals surface area contributed by atoms with E-state index in [0.717, 1.165) is 16.6 Å². The predicted molar refractivity (Wildman–Crippen MR) is 85.5 cm³/mol. The van der Waals surface area contributed by atoms with Crippen LogP contribution in [0.15, 0.2) is 40.9 Å². The predicted octanol–water partition coefficient (Wildman–Crippen LogP) is 5.29. The summed E-state index contributed by atoms with van der Waals surface area (Å²) in [5.74, 6) is 0.784. The van der Waals surface area contributed by atoms with Crippen molar-refractivity contribution in [2.24, 2.45) is 0 Å². The normalized spacial score (nSPS) is 14.2. The molecule has 2 aromatic carbocycles. The zero-order valence-electron chi connectivity index (χ0n) is 11.2. The second-order valence-electron chi connectivity index (χ2n) is 5.08. The molecule has 5 heteroatoms. The molecule has 110 valence electrons. The van der Waals surface area contributed by atoms with Gasteiger partial charge in [0.25, 0.3) is 0 Å². The van der Waals surface area contributed by atoms with E-state index in [-0.39, 0.29) is 10.8 Å². The van der Waals surface area contributed by atoms with Gasteiger partial charge in [-0.2, -0.15) is 0 Å². The van der Waals surface area contributed by atoms with Gasteiger partial charge in [-0.3, -0.25) is 0 Å². The second kappa shape index (κ2) is 6.34. The minimum Gasteiger partial charge on any atom is -0.455 e. The van der Waals surface area contributed by atoms with Crippen LogP contribution in [0.3, 0.4) is 0 Å². The van der Waals surface area contributed by atoms with Gasteiger partial charge in [0.15, 0.2) is 0 Å². The van der Waals surface area contributed by atoms with Gasteiger partial charge in [0.05, 0.1) is 5.02 Å². The van der Waals surface area contributed by atoms with Crippen molar-refractivity contribution < 1.29 is 9.13 Å². The van der Waals surface area contributed by atoms with Gasteiger partial charge in [0, 0.05) is 22.6 Å². The molecule has 0 heterocycles. The highest BCUT2D eigenvalue weighted by atomic mass is 79.9. The summed E-state index contributed by atoms with van der Waals surface area (Å²) >= 11 is 9.46. The maximum absolute atomic E-state index is 13.1. The number of halogens is 3. The summed E-state index contributed by atoms with van der Waals surface area (Å²) in [6.07, 6.45) is 2.47. The summed E-state index contributed by atoms with van der Waals surface area (Å²) in [5, 5.41) is 3.71. The molecule has 0 amide bonds. The maximum Gasteiger partial charge on any atom is 0.146 e. The molecule has 0 saturated heterocycles. The van der Waals surface area contributed by atoms with Crippen LogP contribution in [0.2, 0.25) is 5.02 Å². The first-order valence-corrected chi connectivity index (χ1v) is 7.93. The van der Waals surface area contributed by atoms with Gasteiger partial charge < -0.3 is 10.1 Å². The monoisotopic (exact) mass is 369 g/mol. The van der Waals surface area contributed by atoms with Gasteiger partial charge in [-0.15, -0.1) is 0 Å². The van der Waals surface area contributed by atoms with Crippen LogP contribution in [-0.4, -0.2) is 6.04 Å². The van der Waals surface area contributed by atoms with E-state index in [9.17, 15) is 4.39 Å². The summed E-state index contributed by atoms with van der Waals surface area (Å²) in [6, 6.07) is 10.6. The Morgan fingerprint density at radius 2 is 2.00 bits per heavy atom. The molecular formula is C16H14BrClFNO. The third kappa shape index (κ3) is 3.96. The Bertz CT molecular complexity index is 661. The zero-order valence-corrected chi connectivity index (χ0v) is 13.5. The quantitative estimate of drug-likeness (QED) is 0.772. The van der Waals surface area contributed by atoms with Crippen molar-refractivity contribution in [3.63, 3.8) is 0 Å². The van der Waals surface area contributed by atoms with Crippen molar-refractivity contribution in [2.45, 2.75) is 25.4 Å². The van der Waals surface area contributed by atoms with Crippen LogP contribution in [0, 0.1) is 5.82 Å². The van der Waals surface area contributed by atoms with Crippen LogP contribution < -0.4 is 10.1 Å². The molecule has 3 rings (SSSR count). The van der Waals surface area contributed by atoms with Gasteiger partial charge in [-0.25, -0.2) is 4.39 Å². The van der Waals surface area contributed by atoms with Gasteiger partial charge in [0.2, 0.25) is 0 Å². The van der Waals surface area contributed by atoms with Crippen LogP contribution >= 0.6 is 27.5 Å². The van der Waals surface area contributed by atoms with Crippen LogP contribution in [0.25, 0.3) is 0 Å². The summed E-state index contributed by atoms with van der Waals surface area (Å²) in [5.41, 5.74) is 1.05. The molecule has 0 radical (unpaired) electrons. The number of benzene rings is 2. The smallest absolute Gasteiger partial charge is 0.146 e. The lowest BCUT2D eigenvalue weighted by molar-refractivity contribution is 0.470. The minimum absolute atomic E-state index is 0.260. The molecule has 0 bridgehead atoms. The highest BCUT2D eigenvalue weighted by Gasteiger charge is 2.20. The summed E-state index contributed by atoms with van der Waals surface area (Å²) < 4.78 is 19.9. The Morgan fingerprint density at radius 1 is 1.19 bits per heavy atom. The number of hydrogen-bond acceptors (Lipinski definition) is 2. The number of hydrogen-bond donors (Lipinski definition) is 1. The van der Waals surface area contributed by atoms with E-state index in [4.69, 9.17) is 16.3 Å². The van der Waals surface area contributed by atoms with Crippen molar-refractivity contribution in [1.29, 1.82) is 0 Å². The number of ether oxygens (including phenoxy) is 1. The number of nitrogens with one attached hydrogen (secondary N) is 1. The van der Waals surface area contributed by atoms with Crippen molar-refractivity contribution in [3.8, 4) is 11.5 Å². The molecular weight excluding hydrogens is 357 g/mol. The zero-order chi connectivity index (χ0) is 14.8. The SMILES string of the molecule is Fc1ccc(Oc2cc(Br)ccc2CNC2CC2)c(Cl)c1. The molecule has 21 heavy (non-hydrogen) atoms. The minimum atomic E-state index is -0.378. The molecule has 1 saturated carbocycles. The first-order chi connectivity index (χ1) is 10.1. The average Bonchev–Trinajstić information content (AvgIpc) is 3.25. The Balaban J connectivity index is 1.83. The highest BCUT2D eigenvalue weighted by Crippen LogP contribution is 2.33. The Morgan fingerprint density at radius 3 is 2.71 bits per heavy atom. The van der Waals surface area contributed by atoms with Crippen molar-refractivity contribution in [3.05, 3.63) is 57.3 Å². The molecule has 2 aromatic rings. The third-order valence-electron chi connectivity index (χ3n) is 3.30. The van der Waals surface area contributed by atoms with Gasteiger partial charge in [-0.1, -0.05) is 33.6 Å². The summed E-state index contributed by atoms with van der Waals surface area (Å²) in [4.78, 5) is 0. The van der Waals surface area contributed by atoms with E-state index in [0.29, 0.717) is 17.5 Å². The fourth-order valence-electron chi connectivity index (χ4n) is 1.99. The Kier molecular flexibility index (Phi) is 4.48. The average molecular weight is 371 g/mol. The second-order valence-corrected chi connectivity index (χ2v) is 6.41. The van der Waals surface area contributed by atoms with E-state index >= 15 is 0 Å². The van der Waals surface area contributed by atoms with E-state index in [1.54, 1.807) is 0 Å². The van der Waals surface area contributed by atoms with E-state index < -0.39 is 0 Å². The van der Waals surface area contributed by atoms with Gasteiger partial charge in [0.1, 0.15) is 17.3 Å². The fraction of sp³-hybridized carbons (Fsp3) is 0.250. The first-order valence-electron chi connectivity index (χ1n) is 6.76. The standard InChI is InChI=1S/C16H14BrClFNO/c17-11-2-1-10(9-20-13-4-5-13)16(7-11)21-15-6-3-12(19)8-14(15)18/h1-3,6-8,13,20H,4-5,9H2. The lowest BCUT2D eigenvalue weighted by Gasteiger charge is -2.13. The molecule has 0 aromatic heterocycles. The van der Waals surface area contributed by atoms with Crippen LogP contribution in [0.4, 0.5) is 4.39 Å². The van der Waals surface area contributed by atoms with Crippen molar-refractivity contribution in [2.75, 3.05) is 0 Å². The van der Waals surface area contributed by atoms with E-state index in [2.05, 4.69) is 21.2 Å². The molecule has 1 aliphatic rings. The molecule has 0 spiro atoms. The first kappa shape index (κ1) is 14.8. The lowest BCUT2D eigenvalue weighted by atomic mass is 10.2. The van der Waals surface area contributed by atoms with Crippen molar-refractivity contribution in [1.82, 2.24) is 5.32 Å². The highest BCUT2D eigenvalue weighted by molar-refractivity contribution is 9.10. The number of rotatable bonds is 5. The molecule has 0 unspecified atom stereocenters. The van der Waals surface area contributed by atoms with Gasteiger partial charge in [-0.05, 0) is 43.2 Å². The fourth-order valence-corrected chi connectivity index (χ4v) is 2.53. The Hall–Kier alpha value is -1.10. The Labute approximate surface area is 136 Å². The molecule has 0 atom stereocenters. The van der Waals surface area contributed by atoms with Crippen LogP contribution in [-0.2, 0) is 6.54 Å². The lowest BCUT2D eigenvalue weighted by Crippen LogP contribution is -2.15. The van der Waals surface area contributed by atoms with Gasteiger partial charge >= 0.3 is 0 Å². The van der Waals surface area contributed by atoms with E-state index in [1.807, 2.05) is 18.2 Å². The molecule has 0 aliphatic heterocycles. The molecule has 1 aliphatic carbocycles.